The van der Waals surface area contributed by atoms with Crippen molar-refractivity contribution >= 4 is 11.3 Å². The number of hydrogen-bond donors (Lipinski definition) is 1. The second-order valence-corrected chi connectivity index (χ2v) is 7.35. The lowest BCUT2D eigenvalue weighted by Gasteiger charge is -2.35. The van der Waals surface area contributed by atoms with Crippen LogP contribution < -0.4 is 5.32 Å². The molecule has 0 bridgehead atoms. The summed E-state index contributed by atoms with van der Waals surface area (Å²) in [6.45, 7) is 5.30. The third kappa shape index (κ3) is 3.04. The van der Waals surface area contributed by atoms with Gasteiger partial charge in [0.1, 0.15) is 6.10 Å². The van der Waals surface area contributed by atoms with E-state index in [0.717, 1.165) is 26.1 Å². The van der Waals surface area contributed by atoms with Crippen LogP contribution in [0.3, 0.4) is 0 Å². The van der Waals surface area contributed by atoms with E-state index in [2.05, 4.69) is 24.4 Å². The lowest BCUT2D eigenvalue weighted by Crippen LogP contribution is -2.37. The minimum atomic E-state index is 0.270. The van der Waals surface area contributed by atoms with E-state index in [1.807, 2.05) is 11.3 Å². The molecule has 1 saturated carbocycles. The van der Waals surface area contributed by atoms with Crippen LogP contribution in [-0.2, 0) is 11.2 Å². The topological polar surface area (TPSA) is 21.3 Å². The summed E-state index contributed by atoms with van der Waals surface area (Å²) in [5, 5.41) is 3.67. The van der Waals surface area contributed by atoms with Crippen LogP contribution in [0.5, 0.6) is 0 Å². The standard InChI is InChI=1S/C16H25NOS/c1-2-13-6-7-15(19-13)14-10-17-11-16(12-18-14)8-4-3-5-9-16/h6-7,14,17H,2-5,8-12H2,1H3. The lowest BCUT2D eigenvalue weighted by atomic mass is 9.75. The van der Waals surface area contributed by atoms with Gasteiger partial charge in [-0.2, -0.15) is 0 Å². The average molecular weight is 279 g/mol. The monoisotopic (exact) mass is 279 g/mol. The Labute approximate surface area is 120 Å². The third-order valence-corrected chi connectivity index (χ3v) is 6.00. The highest BCUT2D eigenvalue weighted by Crippen LogP contribution is 2.39. The number of rotatable bonds is 2. The van der Waals surface area contributed by atoms with Gasteiger partial charge in [0, 0.05) is 28.3 Å². The molecule has 1 aromatic rings. The van der Waals surface area contributed by atoms with E-state index in [4.69, 9.17) is 4.74 Å². The van der Waals surface area contributed by atoms with Crippen LogP contribution in [0.2, 0.25) is 0 Å². The molecule has 1 saturated heterocycles. The molecule has 19 heavy (non-hydrogen) atoms. The molecule has 1 aliphatic carbocycles. The summed E-state index contributed by atoms with van der Waals surface area (Å²) in [6.07, 6.45) is 8.27. The largest absolute Gasteiger partial charge is 0.371 e. The van der Waals surface area contributed by atoms with Crippen molar-refractivity contribution in [2.24, 2.45) is 5.41 Å². The molecule has 106 valence electrons. The van der Waals surface area contributed by atoms with Crippen molar-refractivity contribution in [1.29, 1.82) is 0 Å². The van der Waals surface area contributed by atoms with Gasteiger partial charge in [0.25, 0.3) is 0 Å². The van der Waals surface area contributed by atoms with Crippen LogP contribution in [0.4, 0.5) is 0 Å². The van der Waals surface area contributed by atoms with E-state index in [1.54, 1.807) is 0 Å². The molecule has 1 aliphatic heterocycles. The summed E-state index contributed by atoms with van der Waals surface area (Å²) < 4.78 is 6.29. The van der Waals surface area contributed by atoms with Gasteiger partial charge in [0.15, 0.2) is 0 Å². The minimum Gasteiger partial charge on any atom is -0.371 e. The van der Waals surface area contributed by atoms with E-state index >= 15 is 0 Å². The van der Waals surface area contributed by atoms with Crippen LogP contribution in [-0.4, -0.2) is 19.7 Å². The predicted octanol–water partition coefficient (Wildman–Crippen LogP) is 3.92. The number of hydrogen-bond acceptors (Lipinski definition) is 3. The fraction of sp³-hybridized carbons (Fsp3) is 0.750. The van der Waals surface area contributed by atoms with Crippen molar-refractivity contribution in [1.82, 2.24) is 5.32 Å². The van der Waals surface area contributed by atoms with Crippen molar-refractivity contribution in [2.45, 2.75) is 51.6 Å². The quantitative estimate of drug-likeness (QED) is 0.886. The van der Waals surface area contributed by atoms with Gasteiger partial charge in [0.05, 0.1) is 6.61 Å². The van der Waals surface area contributed by atoms with E-state index in [0.29, 0.717) is 5.41 Å². The Morgan fingerprint density at radius 3 is 2.89 bits per heavy atom. The van der Waals surface area contributed by atoms with Gasteiger partial charge >= 0.3 is 0 Å². The normalized spacial score (nSPS) is 27.3. The number of nitrogens with one attached hydrogen (secondary N) is 1. The zero-order valence-corrected chi connectivity index (χ0v) is 12.7. The van der Waals surface area contributed by atoms with Crippen molar-refractivity contribution < 1.29 is 4.74 Å². The van der Waals surface area contributed by atoms with Gasteiger partial charge in [-0.25, -0.2) is 0 Å². The molecular weight excluding hydrogens is 254 g/mol. The van der Waals surface area contributed by atoms with Gasteiger partial charge in [-0.1, -0.05) is 26.2 Å². The Morgan fingerprint density at radius 2 is 2.16 bits per heavy atom. The first-order valence-electron chi connectivity index (χ1n) is 7.72. The maximum atomic E-state index is 6.29. The smallest absolute Gasteiger partial charge is 0.104 e. The Kier molecular flexibility index (Phi) is 4.25. The molecule has 0 radical (unpaired) electrons. The fourth-order valence-electron chi connectivity index (χ4n) is 3.42. The van der Waals surface area contributed by atoms with E-state index in [1.165, 1.54) is 41.9 Å². The van der Waals surface area contributed by atoms with Crippen LogP contribution in [0, 0.1) is 5.41 Å². The Balaban J connectivity index is 1.66. The molecule has 1 unspecified atom stereocenters. The molecule has 3 rings (SSSR count). The number of aryl methyl sites for hydroxylation is 1. The van der Waals surface area contributed by atoms with Crippen LogP contribution >= 0.6 is 11.3 Å². The Bertz CT molecular complexity index is 409. The second-order valence-electron chi connectivity index (χ2n) is 6.15. The molecule has 1 N–H and O–H groups in total. The number of ether oxygens (including phenoxy) is 1. The molecule has 2 aliphatic rings. The Morgan fingerprint density at radius 1 is 1.32 bits per heavy atom. The molecular formula is C16H25NOS. The minimum absolute atomic E-state index is 0.270. The third-order valence-electron chi connectivity index (χ3n) is 4.68. The van der Waals surface area contributed by atoms with Gasteiger partial charge in [0.2, 0.25) is 0 Å². The van der Waals surface area contributed by atoms with E-state index < -0.39 is 0 Å². The number of thiophene rings is 1. The fourth-order valence-corrected chi connectivity index (χ4v) is 4.42. The summed E-state index contributed by atoms with van der Waals surface area (Å²) >= 11 is 1.92. The van der Waals surface area contributed by atoms with Gasteiger partial charge in [-0.3, -0.25) is 0 Å². The summed E-state index contributed by atoms with van der Waals surface area (Å²) in [5.74, 6) is 0. The summed E-state index contributed by atoms with van der Waals surface area (Å²) in [5.41, 5.74) is 0.428. The molecule has 2 heterocycles. The molecule has 3 heteroatoms. The first-order chi connectivity index (χ1) is 9.31. The SMILES string of the molecule is CCc1ccc(C2CNCC3(CCCCC3)CO2)s1. The lowest BCUT2D eigenvalue weighted by molar-refractivity contribution is 0.0000287. The summed E-state index contributed by atoms with van der Waals surface area (Å²) in [7, 11) is 0. The second kappa shape index (κ2) is 5.94. The Hall–Kier alpha value is -0.380. The molecule has 0 aromatic carbocycles. The van der Waals surface area contributed by atoms with Crippen molar-refractivity contribution in [3.63, 3.8) is 0 Å². The zero-order chi connectivity index (χ0) is 13.1. The summed E-state index contributed by atoms with van der Waals surface area (Å²) in [4.78, 5) is 2.87. The van der Waals surface area contributed by atoms with Gasteiger partial charge in [-0.15, -0.1) is 11.3 Å². The van der Waals surface area contributed by atoms with Crippen LogP contribution in [0.1, 0.15) is 54.9 Å². The molecule has 2 fully saturated rings. The summed E-state index contributed by atoms with van der Waals surface area (Å²) in [6, 6.07) is 4.51. The molecule has 1 aromatic heterocycles. The highest BCUT2D eigenvalue weighted by atomic mass is 32.1. The molecule has 0 amide bonds. The van der Waals surface area contributed by atoms with E-state index in [-0.39, 0.29) is 6.10 Å². The van der Waals surface area contributed by atoms with Crippen molar-refractivity contribution in [3.8, 4) is 0 Å². The van der Waals surface area contributed by atoms with Gasteiger partial charge < -0.3 is 10.1 Å². The molecule has 2 nitrogen and oxygen atoms in total. The maximum Gasteiger partial charge on any atom is 0.104 e. The first-order valence-corrected chi connectivity index (χ1v) is 8.54. The van der Waals surface area contributed by atoms with Crippen LogP contribution in [0.25, 0.3) is 0 Å². The molecule has 1 spiro atoms. The highest BCUT2D eigenvalue weighted by Gasteiger charge is 2.35. The van der Waals surface area contributed by atoms with Gasteiger partial charge in [-0.05, 0) is 31.4 Å². The first kappa shape index (κ1) is 13.6. The average Bonchev–Trinajstić information content (AvgIpc) is 2.84. The van der Waals surface area contributed by atoms with E-state index in [9.17, 15) is 0 Å². The van der Waals surface area contributed by atoms with Crippen molar-refractivity contribution in [2.75, 3.05) is 19.7 Å². The molecule has 1 atom stereocenters. The van der Waals surface area contributed by atoms with Crippen molar-refractivity contribution in [3.05, 3.63) is 21.9 Å². The van der Waals surface area contributed by atoms with Crippen LogP contribution in [0.15, 0.2) is 12.1 Å². The zero-order valence-electron chi connectivity index (χ0n) is 11.9. The highest BCUT2D eigenvalue weighted by molar-refractivity contribution is 7.12. The maximum absolute atomic E-state index is 6.29. The predicted molar refractivity (Wildman–Crippen MR) is 80.8 cm³/mol.